The molecule has 6 nitrogen and oxygen atoms in total. The van der Waals surface area contributed by atoms with Gasteiger partial charge in [-0.2, -0.15) is 5.10 Å². The van der Waals surface area contributed by atoms with Gasteiger partial charge < -0.3 is 9.88 Å². The summed E-state index contributed by atoms with van der Waals surface area (Å²) in [6.45, 7) is 6.38. The van der Waals surface area contributed by atoms with E-state index < -0.39 is 17.9 Å². The first-order valence-corrected chi connectivity index (χ1v) is 13.2. The average molecular weight is 570 g/mol. The second kappa shape index (κ2) is 12.0. The summed E-state index contributed by atoms with van der Waals surface area (Å²) in [6.07, 6.45) is 1.64. The molecule has 196 valence electrons. The van der Waals surface area contributed by atoms with Crippen molar-refractivity contribution in [3.63, 3.8) is 0 Å². The first kappa shape index (κ1) is 27.7. The van der Waals surface area contributed by atoms with Crippen molar-refractivity contribution < 1.29 is 9.59 Å². The molecule has 4 aromatic rings. The van der Waals surface area contributed by atoms with Crippen LogP contribution < -0.4 is 10.7 Å². The van der Waals surface area contributed by atoms with Gasteiger partial charge in [-0.15, -0.1) is 0 Å². The lowest BCUT2D eigenvalue weighted by Gasteiger charge is -2.20. The number of amides is 2. The van der Waals surface area contributed by atoms with Gasteiger partial charge in [0, 0.05) is 39.3 Å². The molecular formula is C29H27Cl3N4O2. The number of carbonyl (C=O) groups excluding carboxylic acids is 2. The topological polar surface area (TPSA) is 75.5 Å². The third-order valence-electron chi connectivity index (χ3n) is 6.32. The van der Waals surface area contributed by atoms with E-state index in [2.05, 4.69) is 26.5 Å². The Labute approximate surface area is 236 Å². The Hall–Kier alpha value is -3.32. The molecule has 4 rings (SSSR count). The molecule has 1 unspecified atom stereocenters. The third-order valence-corrected chi connectivity index (χ3v) is 7.31. The maximum Gasteiger partial charge on any atom is 0.262 e. The van der Waals surface area contributed by atoms with E-state index in [0.29, 0.717) is 22.2 Å². The minimum atomic E-state index is -0.804. The quantitative estimate of drug-likeness (QED) is 0.180. The average Bonchev–Trinajstić information content (AvgIpc) is 3.15. The van der Waals surface area contributed by atoms with Crippen LogP contribution in [0.1, 0.15) is 41.0 Å². The van der Waals surface area contributed by atoms with Gasteiger partial charge in [0.05, 0.1) is 16.3 Å². The maximum atomic E-state index is 13.0. The van der Waals surface area contributed by atoms with Crippen LogP contribution in [0.15, 0.2) is 71.8 Å². The Kier molecular flexibility index (Phi) is 8.77. The van der Waals surface area contributed by atoms with E-state index in [-0.39, 0.29) is 10.9 Å². The summed E-state index contributed by atoms with van der Waals surface area (Å²) in [5.74, 6) is -1.03. The fourth-order valence-electron chi connectivity index (χ4n) is 4.22. The van der Waals surface area contributed by atoms with Crippen LogP contribution >= 0.6 is 34.8 Å². The van der Waals surface area contributed by atoms with Gasteiger partial charge in [-0.3, -0.25) is 9.59 Å². The molecule has 1 atom stereocenters. The zero-order valence-electron chi connectivity index (χ0n) is 21.1. The summed E-state index contributed by atoms with van der Waals surface area (Å²) in [4.78, 5) is 25.7. The van der Waals surface area contributed by atoms with Gasteiger partial charge in [-0.05, 0) is 54.8 Å². The fraction of sp³-hybridized carbons (Fsp3) is 0.207. The summed E-state index contributed by atoms with van der Waals surface area (Å²) in [5, 5.41) is 9.34. The summed E-state index contributed by atoms with van der Waals surface area (Å²) in [7, 11) is 0. The molecule has 0 aliphatic heterocycles. The van der Waals surface area contributed by atoms with Crippen molar-refractivity contribution in [1.82, 2.24) is 15.3 Å². The van der Waals surface area contributed by atoms with E-state index in [1.165, 1.54) is 6.07 Å². The molecule has 3 aromatic carbocycles. The molecule has 0 bridgehead atoms. The SMILES string of the molecule is Cc1c(C=NNC(=O)C(NC(=O)c2ccc(Cl)c(Cl)c2)C(C)C)c2ccccc2n1Cc1ccc(Cl)cc1. The molecule has 2 amide bonds. The van der Waals surface area contributed by atoms with Crippen molar-refractivity contribution in [2.75, 3.05) is 0 Å². The zero-order valence-corrected chi connectivity index (χ0v) is 23.4. The number of aromatic nitrogens is 1. The molecule has 0 fully saturated rings. The van der Waals surface area contributed by atoms with Crippen molar-refractivity contribution in [2.45, 2.75) is 33.4 Å². The van der Waals surface area contributed by atoms with E-state index >= 15 is 0 Å². The van der Waals surface area contributed by atoms with E-state index in [1.807, 2.05) is 63.2 Å². The van der Waals surface area contributed by atoms with E-state index in [1.54, 1.807) is 18.3 Å². The summed E-state index contributed by atoms with van der Waals surface area (Å²) < 4.78 is 2.20. The zero-order chi connectivity index (χ0) is 27.4. The van der Waals surface area contributed by atoms with Crippen LogP contribution in [0.3, 0.4) is 0 Å². The normalized spacial score (nSPS) is 12.3. The van der Waals surface area contributed by atoms with Crippen LogP contribution in [0.2, 0.25) is 15.1 Å². The standard InChI is InChI=1S/C29H27Cl3N4O2/c1-17(2)27(34-28(37)20-10-13-24(31)25(32)14-20)29(38)35-33-15-23-18(3)36(26-7-5-4-6-22(23)26)16-19-8-11-21(30)12-9-19/h4-15,17,27H,16H2,1-3H3,(H,34,37)(H,35,38). The van der Waals surface area contributed by atoms with E-state index in [9.17, 15) is 9.59 Å². The van der Waals surface area contributed by atoms with Gasteiger partial charge in [0.15, 0.2) is 0 Å². The van der Waals surface area contributed by atoms with Gasteiger partial charge in [0.1, 0.15) is 6.04 Å². The smallest absolute Gasteiger partial charge is 0.262 e. The maximum absolute atomic E-state index is 13.0. The third kappa shape index (κ3) is 6.21. The predicted octanol–water partition coefficient (Wildman–Crippen LogP) is 6.86. The molecule has 0 aliphatic rings. The van der Waals surface area contributed by atoms with Crippen LogP contribution in [-0.4, -0.2) is 28.6 Å². The van der Waals surface area contributed by atoms with Crippen molar-refractivity contribution >= 4 is 63.7 Å². The van der Waals surface area contributed by atoms with Crippen molar-refractivity contribution in [1.29, 1.82) is 0 Å². The number of hydrazone groups is 1. The number of hydrogen-bond acceptors (Lipinski definition) is 3. The Morgan fingerprint density at radius 2 is 1.68 bits per heavy atom. The Bertz CT molecular complexity index is 1510. The van der Waals surface area contributed by atoms with Gasteiger partial charge in [-0.1, -0.05) is 79.0 Å². The Morgan fingerprint density at radius 1 is 0.974 bits per heavy atom. The first-order valence-electron chi connectivity index (χ1n) is 12.1. The van der Waals surface area contributed by atoms with Gasteiger partial charge >= 0.3 is 0 Å². The lowest BCUT2D eigenvalue weighted by molar-refractivity contribution is -0.123. The lowest BCUT2D eigenvalue weighted by atomic mass is 10.0. The number of rotatable bonds is 8. The molecule has 0 saturated heterocycles. The molecule has 0 saturated carbocycles. The van der Waals surface area contributed by atoms with E-state index in [4.69, 9.17) is 34.8 Å². The van der Waals surface area contributed by atoms with Crippen LogP contribution in [0, 0.1) is 12.8 Å². The molecule has 38 heavy (non-hydrogen) atoms. The molecule has 0 radical (unpaired) electrons. The van der Waals surface area contributed by atoms with Crippen molar-refractivity contribution in [3.8, 4) is 0 Å². The summed E-state index contributed by atoms with van der Waals surface area (Å²) in [6, 6.07) is 19.6. The summed E-state index contributed by atoms with van der Waals surface area (Å²) in [5.41, 5.74) is 6.98. The number of nitrogens with one attached hydrogen (secondary N) is 2. The van der Waals surface area contributed by atoms with Gasteiger partial charge in [-0.25, -0.2) is 5.43 Å². The molecule has 2 N–H and O–H groups in total. The highest BCUT2D eigenvalue weighted by molar-refractivity contribution is 6.42. The minimum Gasteiger partial charge on any atom is -0.340 e. The van der Waals surface area contributed by atoms with Gasteiger partial charge in [0.2, 0.25) is 0 Å². The summed E-state index contributed by atoms with van der Waals surface area (Å²) >= 11 is 18.0. The highest BCUT2D eigenvalue weighted by atomic mass is 35.5. The molecule has 1 aromatic heterocycles. The highest BCUT2D eigenvalue weighted by Gasteiger charge is 2.25. The lowest BCUT2D eigenvalue weighted by Crippen LogP contribution is -2.48. The second-order valence-electron chi connectivity index (χ2n) is 9.29. The highest BCUT2D eigenvalue weighted by Crippen LogP contribution is 2.26. The molecule has 1 heterocycles. The number of halogens is 3. The van der Waals surface area contributed by atoms with Crippen LogP contribution in [-0.2, 0) is 11.3 Å². The Morgan fingerprint density at radius 3 is 2.37 bits per heavy atom. The number of nitrogens with zero attached hydrogens (tertiary/aromatic N) is 2. The Balaban J connectivity index is 1.52. The monoisotopic (exact) mass is 568 g/mol. The number of hydrogen-bond donors (Lipinski definition) is 2. The molecule has 0 spiro atoms. The predicted molar refractivity (Wildman–Crippen MR) is 156 cm³/mol. The van der Waals surface area contributed by atoms with E-state index in [0.717, 1.165) is 27.7 Å². The van der Waals surface area contributed by atoms with Crippen LogP contribution in [0.5, 0.6) is 0 Å². The molecular weight excluding hydrogens is 543 g/mol. The number of fused-ring (bicyclic) bond motifs is 1. The van der Waals surface area contributed by atoms with Crippen molar-refractivity contribution in [2.24, 2.45) is 11.0 Å². The molecule has 0 aliphatic carbocycles. The minimum absolute atomic E-state index is 0.181. The van der Waals surface area contributed by atoms with Crippen molar-refractivity contribution in [3.05, 3.63) is 104 Å². The largest absolute Gasteiger partial charge is 0.340 e. The first-order chi connectivity index (χ1) is 18.2. The van der Waals surface area contributed by atoms with Crippen LogP contribution in [0.25, 0.3) is 10.9 Å². The number of para-hydroxylation sites is 1. The number of carbonyl (C=O) groups is 2. The number of benzene rings is 3. The van der Waals surface area contributed by atoms with Crippen LogP contribution in [0.4, 0.5) is 0 Å². The molecule has 9 heteroatoms. The second-order valence-corrected chi connectivity index (χ2v) is 10.5. The fourth-order valence-corrected chi connectivity index (χ4v) is 4.65. The van der Waals surface area contributed by atoms with Gasteiger partial charge in [0.25, 0.3) is 11.8 Å².